The monoisotopic (exact) mass is 448 g/mol. The molecule has 0 spiro atoms. The van der Waals surface area contributed by atoms with E-state index < -0.39 is 12.0 Å². The lowest BCUT2D eigenvalue weighted by atomic mass is 9.93. The zero-order chi connectivity index (χ0) is 22.5. The normalized spacial score (nSPS) is 17.4. The van der Waals surface area contributed by atoms with Gasteiger partial charge >= 0.3 is 5.97 Å². The SMILES string of the molecule is CCC1=C(C(=O)OC)C(c2ccccc2)N2C(CC(=O)NCc3ccncc3)=CSC2=N1. The van der Waals surface area contributed by atoms with Gasteiger partial charge in [0.1, 0.15) is 0 Å². The fourth-order valence-electron chi connectivity index (χ4n) is 3.79. The summed E-state index contributed by atoms with van der Waals surface area (Å²) < 4.78 is 5.12. The van der Waals surface area contributed by atoms with Crippen LogP contribution in [0.15, 0.2) is 82.2 Å². The third-order valence-electron chi connectivity index (χ3n) is 5.33. The number of allylic oxidation sites excluding steroid dienone is 1. The number of carbonyl (C=O) groups is 2. The summed E-state index contributed by atoms with van der Waals surface area (Å²) in [5, 5.41) is 5.66. The molecule has 3 heterocycles. The molecule has 4 rings (SSSR count). The maximum absolute atomic E-state index is 12.8. The molecule has 7 nitrogen and oxygen atoms in total. The van der Waals surface area contributed by atoms with Crippen LogP contribution in [0, 0.1) is 0 Å². The number of esters is 1. The Kier molecular flexibility index (Phi) is 6.70. The van der Waals surface area contributed by atoms with Gasteiger partial charge in [-0.1, -0.05) is 49.0 Å². The second-order valence-corrected chi connectivity index (χ2v) is 8.16. The first kappa shape index (κ1) is 21.8. The highest BCUT2D eigenvalue weighted by Crippen LogP contribution is 2.45. The molecule has 1 unspecified atom stereocenters. The second-order valence-electron chi connectivity index (χ2n) is 7.32. The third kappa shape index (κ3) is 4.45. The number of benzene rings is 1. The number of ether oxygens (including phenoxy) is 1. The molecule has 2 aliphatic rings. The number of carbonyl (C=O) groups excluding carboxylic acids is 2. The summed E-state index contributed by atoms with van der Waals surface area (Å²) >= 11 is 1.47. The summed E-state index contributed by atoms with van der Waals surface area (Å²) in [7, 11) is 1.38. The van der Waals surface area contributed by atoms with Gasteiger partial charge in [-0.2, -0.15) is 0 Å². The van der Waals surface area contributed by atoms with E-state index in [0.29, 0.717) is 24.2 Å². The van der Waals surface area contributed by atoms with Crippen molar-refractivity contribution in [1.29, 1.82) is 0 Å². The van der Waals surface area contributed by atoms with Crippen LogP contribution in [-0.4, -0.2) is 34.0 Å². The smallest absolute Gasteiger partial charge is 0.338 e. The Morgan fingerprint density at radius 2 is 1.91 bits per heavy atom. The van der Waals surface area contributed by atoms with Gasteiger partial charge in [-0.15, -0.1) is 0 Å². The Morgan fingerprint density at radius 3 is 2.59 bits per heavy atom. The van der Waals surface area contributed by atoms with Crippen LogP contribution in [0.4, 0.5) is 0 Å². The molecule has 2 aliphatic heterocycles. The molecule has 0 saturated carbocycles. The van der Waals surface area contributed by atoms with Crippen LogP contribution in [0.3, 0.4) is 0 Å². The third-order valence-corrected chi connectivity index (χ3v) is 6.21. The Bertz CT molecular complexity index is 1100. The first-order valence-corrected chi connectivity index (χ1v) is 11.3. The number of rotatable bonds is 7. The van der Waals surface area contributed by atoms with Crippen LogP contribution in [0.2, 0.25) is 0 Å². The lowest BCUT2D eigenvalue weighted by Crippen LogP contribution is -2.38. The van der Waals surface area contributed by atoms with Gasteiger partial charge in [0.25, 0.3) is 0 Å². The van der Waals surface area contributed by atoms with Crippen LogP contribution < -0.4 is 5.32 Å². The molecule has 0 radical (unpaired) electrons. The molecular weight excluding hydrogens is 424 g/mol. The number of aliphatic imine (C=N–C) groups is 1. The average Bonchev–Trinajstić information content (AvgIpc) is 3.24. The zero-order valence-electron chi connectivity index (χ0n) is 17.9. The standard InChI is InChI=1S/C24H24N4O3S/c1-3-19-21(23(30)31-2)22(17-7-5-4-6-8-17)28-18(15-32-24(28)27-19)13-20(29)26-14-16-9-11-25-12-10-16/h4-12,15,22H,3,13-14H2,1-2H3,(H,26,29). The van der Waals surface area contributed by atoms with E-state index in [1.165, 1.54) is 18.9 Å². The highest BCUT2D eigenvalue weighted by atomic mass is 32.2. The second kappa shape index (κ2) is 9.82. The van der Waals surface area contributed by atoms with Gasteiger partial charge < -0.3 is 15.0 Å². The maximum atomic E-state index is 12.8. The number of pyridine rings is 1. The van der Waals surface area contributed by atoms with Gasteiger partial charge in [-0.05, 0) is 35.1 Å². The number of hydrogen-bond acceptors (Lipinski definition) is 7. The number of fused-ring (bicyclic) bond motifs is 1. The van der Waals surface area contributed by atoms with E-state index in [4.69, 9.17) is 9.73 Å². The summed E-state index contributed by atoms with van der Waals surface area (Å²) in [4.78, 5) is 36.3. The number of thioether (sulfide) groups is 1. The van der Waals surface area contributed by atoms with Crippen molar-refractivity contribution < 1.29 is 14.3 Å². The van der Waals surface area contributed by atoms with E-state index in [-0.39, 0.29) is 12.3 Å². The lowest BCUT2D eigenvalue weighted by molar-refractivity contribution is -0.136. The van der Waals surface area contributed by atoms with Crippen molar-refractivity contribution in [1.82, 2.24) is 15.2 Å². The summed E-state index contributed by atoms with van der Waals surface area (Å²) in [6, 6.07) is 13.1. The summed E-state index contributed by atoms with van der Waals surface area (Å²) in [6.45, 7) is 2.40. The highest BCUT2D eigenvalue weighted by Gasteiger charge is 2.41. The summed E-state index contributed by atoms with van der Waals surface area (Å²) in [5.74, 6) is -0.511. The molecule has 1 N–H and O–H groups in total. The molecule has 32 heavy (non-hydrogen) atoms. The van der Waals surface area contributed by atoms with Gasteiger partial charge in [0.05, 0.1) is 30.8 Å². The van der Waals surface area contributed by atoms with Crippen molar-refractivity contribution in [3.05, 3.63) is 88.4 Å². The van der Waals surface area contributed by atoms with Gasteiger partial charge in [0, 0.05) is 24.6 Å². The molecule has 1 atom stereocenters. The van der Waals surface area contributed by atoms with Crippen molar-refractivity contribution in [2.24, 2.45) is 4.99 Å². The Balaban J connectivity index is 1.61. The Labute approximate surface area is 191 Å². The van der Waals surface area contributed by atoms with Gasteiger partial charge in [-0.3, -0.25) is 9.78 Å². The van der Waals surface area contributed by atoms with Crippen molar-refractivity contribution >= 4 is 28.8 Å². The predicted octanol–water partition coefficient (Wildman–Crippen LogP) is 3.93. The molecule has 0 aliphatic carbocycles. The number of nitrogens with zero attached hydrogens (tertiary/aromatic N) is 3. The molecule has 2 aromatic rings. The first-order chi connectivity index (χ1) is 15.6. The molecule has 0 saturated heterocycles. The van der Waals surface area contributed by atoms with Crippen molar-refractivity contribution in [3.63, 3.8) is 0 Å². The lowest BCUT2D eigenvalue weighted by Gasteiger charge is -2.36. The molecule has 1 aromatic carbocycles. The fraction of sp³-hybridized carbons (Fsp3) is 0.250. The van der Waals surface area contributed by atoms with E-state index in [1.807, 2.05) is 59.7 Å². The summed E-state index contributed by atoms with van der Waals surface area (Å²) in [6.07, 6.45) is 4.18. The molecular formula is C24H24N4O3S. The molecule has 8 heteroatoms. The number of amidine groups is 1. The van der Waals surface area contributed by atoms with Crippen LogP contribution in [0.5, 0.6) is 0 Å². The maximum Gasteiger partial charge on any atom is 0.338 e. The van der Waals surface area contributed by atoms with E-state index >= 15 is 0 Å². The van der Waals surface area contributed by atoms with Crippen molar-refractivity contribution in [2.45, 2.75) is 32.4 Å². The minimum absolute atomic E-state index is 0.105. The van der Waals surface area contributed by atoms with E-state index in [2.05, 4.69) is 10.3 Å². The number of nitrogens with one attached hydrogen (secondary N) is 1. The average molecular weight is 449 g/mol. The van der Waals surface area contributed by atoms with E-state index in [9.17, 15) is 9.59 Å². The van der Waals surface area contributed by atoms with Gasteiger partial charge in [-0.25, -0.2) is 9.79 Å². The largest absolute Gasteiger partial charge is 0.466 e. The molecule has 164 valence electrons. The van der Waals surface area contributed by atoms with Crippen LogP contribution >= 0.6 is 11.8 Å². The van der Waals surface area contributed by atoms with Crippen LogP contribution in [-0.2, 0) is 20.9 Å². The quantitative estimate of drug-likeness (QED) is 0.647. The summed E-state index contributed by atoms with van der Waals surface area (Å²) in [5.41, 5.74) is 3.94. The number of aromatic nitrogens is 1. The molecule has 0 fully saturated rings. The van der Waals surface area contributed by atoms with E-state index in [1.54, 1.807) is 12.4 Å². The van der Waals surface area contributed by atoms with Crippen LogP contribution in [0.25, 0.3) is 0 Å². The highest BCUT2D eigenvalue weighted by molar-refractivity contribution is 8.16. The molecule has 0 bridgehead atoms. The van der Waals surface area contributed by atoms with Crippen LogP contribution in [0.1, 0.15) is 36.9 Å². The number of methoxy groups -OCH3 is 1. The van der Waals surface area contributed by atoms with Gasteiger partial charge in [0.15, 0.2) is 5.17 Å². The molecule has 1 amide bonds. The fourth-order valence-corrected chi connectivity index (χ4v) is 4.73. The Hall–Kier alpha value is -3.39. The number of amides is 1. The first-order valence-electron chi connectivity index (χ1n) is 10.4. The topological polar surface area (TPSA) is 83.9 Å². The van der Waals surface area contributed by atoms with Crippen molar-refractivity contribution in [3.8, 4) is 0 Å². The van der Waals surface area contributed by atoms with E-state index in [0.717, 1.165) is 22.0 Å². The van der Waals surface area contributed by atoms with Gasteiger partial charge in [0.2, 0.25) is 5.91 Å². The minimum atomic E-state index is -0.406. The molecule has 1 aromatic heterocycles. The predicted molar refractivity (Wildman–Crippen MR) is 124 cm³/mol. The van der Waals surface area contributed by atoms with Crippen molar-refractivity contribution in [2.75, 3.05) is 7.11 Å². The number of hydrogen-bond donors (Lipinski definition) is 1. The minimum Gasteiger partial charge on any atom is -0.466 e. The zero-order valence-corrected chi connectivity index (χ0v) is 18.8. The Morgan fingerprint density at radius 1 is 1.16 bits per heavy atom.